The Kier molecular flexibility index (Phi) is 35.9. The number of hydroxylamine groups is 1. The zero-order valence-electron chi connectivity index (χ0n) is 27.1. The number of amides is 1. The first-order chi connectivity index (χ1) is 19.8. The van der Waals surface area contributed by atoms with Crippen molar-refractivity contribution >= 4 is 5.91 Å². The third-order valence-electron chi connectivity index (χ3n) is 8.69. The Balaban J connectivity index is 3.04. The molecule has 0 aromatic heterocycles. The molecule has 0 radical (unpaired) electrons. The predicted octanol–water partition coefficient (Wildman–Crippen LogP) is 11.7. The summed E-state index contributed by atoms with van der Waals surface area (Å²) >= 11 is 0. The minimum atomic E-state index is -0.257. The Morgan fingerprint density at radius 3 is 0.675 bits per heavy atom. The lowest BCUT2D eigenvalue weighted by Gasteiger charge is -2.05. The molecule has 0 heterocycles. The Labute approximate surface area is 251 Å². The maximum atomic E-state index is 10.9. The fraction of sp³-hybridized carbons (Fsp3) is 0.972. The molecular formula is C36H73NO3. The van der Waals surface area contributed by atoms with Crippen LogP contribution in [0, 0.1) is 0 Å². The van der Waals surface area contributed by atoms with E-state index < -0.39 is 0 Å². The van der Waals surface area contributed by atoms with Crippen LogP contribution in [-0.4, -0.2) is 22.8 Å². The van der Waals surface area contributed by atoms with Gasteiger partial charge in [-0.2, -0.15) is 0 Å². The first-order valence-electron chi connectivity index (χ1n) is 18.3. The summed E-state index contributed by atoms with van der Waals surface area (Å²) in [6.45, 7) is 0.367. The molecule has 0 aromatic rings. The van der Waals surface area contributed by atoms with Crippen LogP contribution in [0.4, 0.5) is 0 Å². The van der Waals surface area contributed by atoms with Gasteiger partial charge in [0, 0.05) is 13.0 Å². The van der Waals surface area contributed by atoms with E-state index in [1.807, 2.05) is 0 Å². The molecule has 1 amide bonds. The molecule has 0 aliphatic carbocycles. The standard InChI is InChI=1S/C36H73NO3/c38-35-33-31-29-27-25-23-21-19-17-15-13-11-9-7-5-3-1-2-4-6-8-10-12-14-16-18-20-22-24-26-28-30-32-34-36(39)37-40/h38,40H,1-35H2,(H,37,39). The highest BCUT2D eigenvalue weighted by Gasteiger charge is 1.99. The van der Waals surface area contributed by atoms with Gasteiger partial charge in [0.15, 0.2) is 0 Å². The van der Waals surface area contributed by atoms with Crippen LogP contribution >= 0.6 is 0 Å². The fourth-order valence-electron chi connectivity index (χ4n) is 5.93. The first kappa shape index (κ1) is 39.4. The Hall–Kier alpha value is -0.610. The summed E-state index contributed by atoms with van der Waals surface area (Å²) in [5.41, 5.74) is 1.70. The third kappa shape index (κ3) is 35.4. The maximum absolute atomic E-state index is 10.9. The van der Waals surface area contributed by atoms with Gasteiger partial charge in [-0.05, 0) is 12.8 Å². The molecule has 40 heavy (non-hydrogen) atoms. The van der Waals surface area contributed by atoms with Gasteiger partial charge in [-0.15, -0.1) is 0 Å². The van der Waals surface area contributed by atoms with Crippen LogP contribution in [0.2, 0.25) is 0 Å². The number of carbonyl (C=O) groups is 1. The monoisotopic (exact) mass is 568 g/mol. The topological polar surface area (TPSA) is 69.6 Å². The molecule has 0 aliphatic rings. The molecule has 0 bridgehead atoms. The number of carbonyl (C=O) groups excluding carboxylic acids is 1. The van der Waals surface area contributed by atoms with Crippen molar-refractivity contribution < 1.29 is 15.1 Å². The lowest BCUT2D eigenvalue weighted by atomic mass is 10.0. The number of hydrogen-bond donors (Lipinski definition) is 3. The van der Waals surface area contributed by atoms with Crippen molar-refractivity contribution in [3.05, 3.63) is 0 Å². The second-order valence-corrected chi connectivity index (χ2v) is 12.7. The van der Waals surface area contributed by atoms with Crippen molar-refractivity contribution in [2.45, 2.75) is 218 Å². The van der Waals surface area contributed by atoms with Crippen molar-refractivity contribution in [3.8, 4) is 0 Å². The Bertz CT molecular complexity index is 471. The van der Waals surface area contributed by atoms with E-state index in [2.05, 4.69) is 0 Å². The van der Waals surface area contributed by atoms with Gasteiger partial charge in [0.05, 0.1) is 0 Å². The Morgan fingerprint density at radius 2 is 0.500 bits per heavy atom. The highest BCUT2D eigenvalue weighted by atomic mass is 16.5. The van der Waals surface area contributed by atoms with E-state index in [4.69, 9.17) is 10.3 Å². The van der Waals surface area contributed by atoms with Gasteiger partial charge in [-0.3, -0.25) is 10.0 Å². The molecule has 0 aliphatic heterocycles. The average Bonchev–Trinajstić information content (AvgIpc) is 2.97. The van der Waals surface area contributed by atoms with Gasteiger partial charge in [0.2, 0.25) is 5.91 Å². The molecule has 0 fully saturated rings. The highest BCUT2D eigenvalue weighted by molar-refractivity contribution is 5.74. The quantitative estimate of drug-likeness (QED) is 0.0405. The molecule has 0 saturated carbocycles. The predicted molar refractivity (Wildman–Crippen MR) is 174 cm³/mol. The summed E-state index contributed by atoms with van der Waals surface area (Å²) in [7, 11) is 0. The largest absolute Gasteiger partial charge is 0.396 e. The summed E-state index contributed by atoms with van der Waals surface area (Å²) < 4.78 is 0. The van der Waals surface area contributed by atoms with Crippen LogP contribution in [0.3, 0.4) is 0 Å². The second kappa shape index (κ2) is 36.4. The molecule has 4 heteroatoms. The molecule has 0 unspecified atom stereocenters. The zero-order chi connectivity index (χ0) is 29.0. The smallest absolute Gasteiger partial charge is 0.243 e. The fourth-order valence-corrected chi connectivity index (χ4v) is 5.93. The van der Waals surface area contributed by atoms with Crippen LogP contribution in [-0.2, 0) is 4.79 Å². The molecule has 0 rings (SSSR count). The van der Waals surface area contributed by atoms with Crippen LogP contribution in [0.25, 0.3) is 0 Å². The lowest BCUT2D eigenvalue weighted by molar-refractivity contribution is -0.129. The summed E-state index contributed by atoms with van der Waals surface area (Å²) in [5, 5.41) is 17.2. The molecule has 0 aromatic carbocycles. The minimum absolute atomic E-state index is 0.257. The molecule has 3 N–H and O–H groups in total. The summed E-state index contributed by atoms with van der Waals surface area (Å²) in [6, 6.07) is 0. The number of rotatable bonds is 35. The number of aliphatic hydroxyl groups is 1. The number of aliphatic hydroxyl groups excluding tert-OH is 1. The molecule has 0 spiro atoms. The summed E-state index contributed by atoms with van der Waals surface area (Å²) in [6.07, 6.45) is 45.7. The number of hydrogen-bond acceptors (Lipinski definition) is 3. The first-order valence-corrected chi connectivity index (χ1v) is 18.3. The van der Waals surface area contributed by atoms with E-state index in [1.54, 1.807) is 5.48 Å². The van der Waals surface area contributed by atoms with Crippen LogP contribution in [0.1, 0.15) is 218 Å². The third-order valence-corrected chi connectivity index (χ3v) is 8.69. The van der Waals surface area contributed by atoms with Crippen LogP contribution in [0.5, 0.6) is 0 Å². The number of unbranched alkanes of at least 4 members (excludes halogenated alkanes) is 32. The van der Waals surface area contributed by atoms with Gasteiger partial charge in [-0.25, -0.2) is 5.48 Å². The van der Waals surface area contributed by atoms with Crippen LogP contribution < -0.4 is 5.48 Å². The van der Waals surface area contributed by atoms with Crippen molar-refractivity contribution in [1.29, 1.82) is 0 Å². The lowest BCUT2D eigenvalue weighted by Crippen LogP contribution is -2.17. The molecule has 240 valence electrons. The molecule has 0 atom stereocenters. The van der Waals surface area contributed by atoms with Gasteiger partial charge >= 0.3 is 0 Å². The molecule has 0 saturated heterocycles. The van der Waals surface area contributed by atoms with E-state index in [9.17, 15) is 4.79 Å². The second-order valence-electron chi connectivity index (χ2n) is 12.7. The average molecular weight is 568 g/mol. The molecule has 4 nitrogen and oxygen atoms in total. The normalized spacial score (nSPS) is 11.3. The Morgan fingerprint density at radius 1 is 0.325 bits per heavy atom. The van der Waals surface area contributed by atoms with Crippen LogP contribution in [0.15, 0.2) is 0 Å². The number of nitrogens with one attached hydrogen (secondary N) is 1. The summed E-state index contributed by atoms with van der Waals surface area (Å²) in [4.78, 5) is 10.9. The van der Waals surface area contributed by atoms with E-state index in [0.29, 0.717) is 13.0 Å². The maximum Gasteiger partial charge on any atom is 0.243 e. The summed E-state index contributed by atoms with van der Waals surface area (Å²) in [5.74, 6) is -0.257. The van der Waals surface area contributed by atoms with Crippen molar-refractivity contribution in [2.75, 3.05) is 6.61 Å². The van der Waals surface area contributed by atoms with Gasteiger partial charge in [-0.1, -0.05) is 199 Å². The van der Waals surface area contributed by atoms with Gasteiger partial charge < -0.3 is 5.11 Å². The minimum Gasteiger partial charge on any atom is -0.396 e. The van der Waals surface area contributed by atoms with E-state index >= 15 is 0 Å². The van der Waals surface area contributed by atoms with Crippen molar-refractivity contribution in [1.82, 2.24) is 5.48 Å². The van der Waals surface area contributed by atoms with Gasteiger partial charge in [0.1, 0.15) is 0 Å². The van der Waals surface area contributed by atoms with Gasteiger partial charge in [0.25, 0.3) is 0 Å². The van der Waals surface area contributed by atoms with E-state index in [0.717, 1.165) is 19.3 Å². The SMILES string of the molecule is O=C(CCCCCCCCCCCCCCCCCCCCCCCCCCCCCCCCCCCO)NO. The van der Waals surface area contributed by atoms with E-state index in [-0.39, 0.29) is 5.91 Å². The molecular weight excluding hydrogens is 494 g/mol. The zero-order valence-corrected chi connectivity index (χ0v) is 27.1. The highest BCUT2D eigenvalue weighted by Crippen LogP contribution is 2.17. The van der Waals surface area contributed by atoms with Crippen molar-refractivity contribution in [3.63, 3.8) is 0 Å². The van der Waals surface area contributed by atoms with E-state index in [1.165, 1.54) is 193 Å². The van der Waals surface area contributed by atoms with Crippen molar-refractivity contribution in [2.24, 2.45) is 0 Å².